The monoisotopic (exact) mass is 299 g/mol. The number of carbonyl (C=O) groups excluding carboxylic acids is 2. The lowest BCUT2D eigenvalue weighted by Gasteiger charge is -2.30. The van der Waals surface area contributed by atoms with E-state index in [4.69, 9.17) is 0 Å². The topological polar surface area (TPSA) is 113 Å². The summed E-state index contributed by atoms with van der Waals surface area (Å²) in [6.45, 7) is 2.92. The van der Waals surface area contributed by atoms with Crippen LogP contribution in [0.3, 0.4) is 0 Å². The Morgan fingerprint density at radius 2 is 2.14 bits per heavy atom. The van der Waals surface area contributed by atoms with Gasteiger partial charge in [0.2, 0.25) is 5.91 Å². The van der Waals surface area contributed by atoms with Crippen LogP contribution in [0.25, 0.3) is 0 Å². The van der Waals surface area contributed by atoms with Gasteiger partial charge in [0, 0.05) is 29.3 Å². The normalized spacial score (nSPS) is 21.0. The van der Waals surface area contributed by atoms with E-state index < -0.39 is 22.7 Å². The molecule has 1 aliphatic heterocycles. The molecular weight excluding hydrogens is 286 g/mol. The molecule has 0 spiro atoms. The molecule has 0 fully saturated rings. The number of nitro groups is 1. The van der Waals surface area contributed by atoms with Crippen LogP contribution in [-0.4, -0.2) is 16.6 Å². The van der Waals surface area contributed by atoms with Gasteiger partial charge in [0.1, 0.15) is 5.92 Å². The Balaban J connectivity index is 2.66. The predicted molar refractivity (Wildman–Crippen MR) is 76.5 cm³/mol. The Kier molecular flexibility index (Phi) is 4.04. The van der Waals surface area contributed by atoms with Gasteiger partial charge < -0.3 is 5.32 Å². The molecule has 1 aromatic carbocycles. The van der Waals surface area contributed by atoms with Crippen molar-refractivity contribution < 1.29 is 14.5 Å². The van der Waals surface area contributed by atoms with Crippen LogP contribution < -0.4 is 5.32 Å². The summed E-state index contributed by atoms with van der Waals surface area (Å²) in [6.07, 6.45) is 0. The third-order valence-corrected chi connectivity index (χ3v) is 3.60. The van der Waals surface area contributed by atoms with Crippen molar-refractivity contribution in [3.63, 3.8) is 0 Å². The molecule has 2 rings (SSSR count). The van der Waals surface area contributed by atoms with Crippen molar-refractivity contribution >= 4 is 17.4 Å². The summed E-state index contributed by atoms with van der Waals surface area (Å²) in [5.41, 5.74) is 0.924. The minimum atomic E-state index is -1.11. The fourth-order valence-electron chi connectivity index (χ4n) is 2.69. The van der Waals surface area contributed by atoms with Crippen molar-refractivity contribution in [1.82, 2.24) is 5.32 Å². The maximum absolute atomic E-state index is 12.0. The van der Waals surface area contributed by atoms with Gasteiger partial charge in [-0.1, -0.05) is 12.1 Å². The van der Waals surface area contributed by atoms with Crippen molar-refractivity contribution in [3.8, 4) is 6.07 Å². The molecule has 0 aromatic heterocycles. The summed E-state index contributed by atoms with van der Waals surface area (Å²) < 4.78 is 0. The third-order valence-electron chi connectivity index (χ3n) is 3.60. The molecular formula is C15H13N3O4. The fraction of sp³-hybridized carbons (Fsp3) is 0.267. The number of carbonyl (C=O) groups is 2. The second kappa shape index (κ2) is 5.77. The summed E-state index contributed by atoms with van der Waals surface area (Å²) >= 11 is 0. The van der Waals surface area contributed by atoms with Gasteiger partial charge in [-0.05, 0) is 19.4 Å². The van der Waals surface area contributed by atoms with Crippen LogP contribution in [0.5, 0.6) is 0 Å². The number of rotatable bonds is 3. The molecule has 0 saturated heterocycles. The van der Waals surface area contributed by atoms with Crippen LogP contribution in [0.2, 0.25) is 0 Å². The van der Waals surface area contributed by atoms with E-state index in [9.17, 15) is 25.0 Å². The quantitative estimate of drug-likeness (QED) is 0.675. The number of ketones is 1. The molecule has 22 heavy (non-hydrogen) atoms. The van der Waals surface area contributed by atoms with Crippen molar-refractivity contribution in [2.75, 3.05) is 0 Å². The maximum atomic E-state index is 12.0. The highest BCUT2D eigenvalue weighted by Crippen LogP contribution is 2.38. The van der Waals surface area contributed by atoms with Gasteiger partial charge in [0.25, 0.3) is 5.69 Å². The minimum absolute atomic E-state index is 0.152. The number of nitriles is 1. The molecule has 0 bridgehead atoms. The molecule has 7 nitrogen and oxygen atoms in total. The van der Waals surface area contributed by atoms with Crippen LogP contribution in [0, 0.1) is 27.4 Å². The molecule has 2 atom stereocenters. The van der Waals surface area contributed by atoms with Crippen molar-refractivity contribution in [2.45, 2.75) is 19.8 Å². The molecule has 7 heteroatoms. The van der Waals surface area contributed by atoms with Crippen molar-refractivity contribution in [3.05, 3.63) is 51.2 Å². The van der Waals surface area contributed by atoms with Gasteiger partial charge in [-0.2, -0.15) is 5.26 Å². The largest absolute Gasteiger partial charge is 0.328 e. The van der Waals surface area contributed by atoms with Gasteiger partial charge in [-0.25, -0.2) is 0 Å². The van der Waals surface area contributed by atoms with E-state index in [1.54, 1.807) is 13.0 Å². The van der Waals surface area contributed by atoms with E-state index in [0.717, 1.165) is 0 Å². The number of non-ortho nitro benzene ring substituents is 1. The number of nitrogens with zero attached hydrogens (tertiary/aromatic N) is 2. The van der Waals surface area contributed by atoms with Gasteiger partial charge in [-0.15, -0.1) is 0 Å². The van der Waals surface area contributed by atoms with Gasteiger partial charge in [-0.3, -0.25) is 19.7 Å². The van der Waals surface area contributed by atoms with Crippen molar-refractivity contribution in [2.24, 2.45) is 5.92 Å². The molecule has 0 unspecified atom stereocenters. The van der Waals surface area contributed by atoms with Crippen LogP contribution in [0.15, 0.2) is 35.5 Å². The lowest BCUT2D eigenvalue weighted by atomic mass is 9.76. The summed E-state index contributed by atoms with van der Waals surface area (Å²) in [4.78, 5) is 34.3. The molecule has 0 aliphatic carbocycles. The van der Waals surface area contributed by atoms with Crippen LogP contribution in [0.1, 0.15) is 25.3 Å². The summed E-state index contributed by atoms with van der Waals surface area (Å²) in [5.74, 6) is -2.71. The first-order valence-electron chi connectivity index (χ1n) is 6.53. The Morgan fingerprint density at radius 3 is 2.68 bits per heavy atom. The summed E-state index contributed by atoms with van der Waals surface area (Å²) in [5, 5.41) is 22.7. The van der Waals surface area contributed by atoms with E-state index in [0.29, 0.717) is 16.8 Å². The molecule has 112 valence electrons. The van der Waals surface area contributed by atoms with Crippen LogP contribution in [-0.2, 0) is 9.59 Å². The number of amides is 1. The lowest BCUT2D eigenvalue weighted by molar-refractivity contribution is -0.384. The number of nitrogens with one attached hydrogen (secondary N) is 1. The third kappa shape index (κ3) is 2.59. The molecule has 1 heterocycles. The Morgan fingerprint density at radius 1 is 1.45 bits per heavy atom. The highest BCUT2D eigenvalue weighted by atomic mass is 16.6. The number of allylic oxidation sites excluding steroid dienone is 2. The lowest BCUT2D eigenvalue weighted by Crippen LogP contribution is -2.40. The highest BCUT2D eigenvalue weighted by Gasteiger charge is 2.39. The van der Waals surface area contributed by atoms with Gasteiger partial charge in [0.15, 0.2) is 5.78 Å². The number of benzene rings is 1. The first-order valence-corrected chi connectivity index (χ1v) is 6.53. The van der Waals surface area contributed by atoms with E-state index in [2.05, 4.69) is 5.32 Å². The summed E-state index contributed by atoms with van der Waals surface area (Å²) in [7, 11) is 0. The average molecular weight is 299 g/mol. The van der Waals surface area contributed by atoms with Gasteiger partial charge in [0.05, 0.1) is 11.0 Å². The Labute approximate surface area is 126 Å². The average Bonchev–Trinajstić information content (AvgIpc) is 2.46. The maximum Gasteiger partial charge on any atom is 0.269 e. The molecule has 1 aromatic rings. The molecule has 0 radical (unpaired) electrons. The number of nitro benzene ring substituents is 1. The highest BCUT2D eigenvalue weighted by molar-refractivity contribution is 6.00. The standard InChI is InChI=1S/C15H13N3O4/c1-8-13(9(2)19)14(12(7-16)15(20)17-8)10-4-3-5-11(6-10)18(21)22/h3-6,12,14H,1-2H3,(H,17,20)/t12-,14-/m0/s1. The van der Waals surface area contributed by atoms with E-state index >= 15 is 0 Å². The zero-order valence-electron chi connectivity index (χ0n) is 12.0. The number of Topliss-reactive ketones (excluding diaryl/α,β-unsaturated/α-hetero) is 1. The second-order valence-electron chi connectivity index (χ2n) is 5.02. The van der Waals surface area contributed by atoms with E-state index in [1.165, 1.54) is 25.1 Å². The van der Waals surface area contributed by atoms with Crippen LogP contribution >= 0.6 is 0 Å². The zero-order chi connectivity index (χ0) is 16.4. The van der Waals surface area contributed by atoms with Crippen LogP contribution in [0.4, 0.5) is 5.69 Å². The second-order valence-corrected chi connectivity index (χ2v) is 5.02. The molecule has 1 amide bonds. The SMILES string of the molecule is CC(=O)C1=C(C)NC(=O)[C@@H](C#N)[C@@H]1c1cccc([N+](=O)[O-])c1. The number of hydrogen-bond acceptors (Lipinski definition) is 5. The van der Waals surface area contributed by atoms with Crippen molar-refractivity contribution in [1.29, 1.82) is 5.26 Å². The zero-order valence-corrected chi connectivity index (χ0v) is 12.0. The minimum Gasteiger partial charge on any atom is -0.328 e. The Bertz CT molecular complexity index is 745. The fourth-order valence-corrected chi connectivity index (χ4v) is 2.69. The first kappa shape index (κ1) is 15.4. The molecule has 1 aliphatic rings. The first-order chi connectivity index (χ1) is 10.4. The smallest absolute Gasteiger partial charge is 0.269 e. The van der Waals surface area contributed by atoms with Gasteiger partial charge >= 0.3 is 0 Å². The number of hydrogen-bond donors (Lipinski definition) is 1. The predicted octanol–water partition coefficient (Wildman–Crippen LogP) is 1.81. The van der Waals surface area contributed by atoms with E-state index in [1.807, 2.05) is 6.07 Å². The summed E-state index contributed by atoms with van der Waals surface area (Å²) in [6, 6.07) is 7.55. The molecule has 0 saturated carbocycles. The molecule has 1 N–H and O–H groups in total. The van der Waals surface area contributed by atoms with E-state index in [-0.39, 0.29) is 11.5 Å². The Hall–Kier alpha value is -3.01.